The minimum absolute atomic E-state index is 0.233. The van der Waals surface area contributed by atoms with Crippen LogP contribution >= 0.6 is 0 Å². The summed E-state index contributed by atoms with van der Waals surface area (Å²) in [5, 5.41) is 11.0. The molecular formula is C9H18N2O5S. The molecule has 1 amide bonds. The Hall–Kier alpha value is -1.15. The van der Waals surface area contributed by atoms with E-state index in [1.807, 2.05) is 0 Å². The van der Waals surface area contributed by atoms with Crippen LogP contribution in [0.1, 0.15) is 26.7 Å². The number of aliphatic carboxylic acids is 1. The van der Waals surface area contributed by atoms with Gasteiger partial charge in [0.2, 0.25) is 15.9 Å². The minimum atomic E-state index is -3.50. The van der Waals surface area contributed by atoms with Crippen molar-refractivity contribution in [3.63, 3.8) is 0 Å². The summed E-state index contributed by atoms with van der Waals surface area (Å²) >= 11 is 0. The van der Waals surface area contributed by atoms with E-state index in [1.54, 1.807) is 13.8 Å². The third kappa shape index (κ3) is 6.22. The summed E-state index contributed by atoms with van der Waals surface area (Å²) in [5.74, 6) is -1.78. The zero-order valence-electron chi connectivity index (χ0n) is 10.1. The Labute approximate surface area is 101 Å². The van der Waals surface area contributed by atoms with Crippen LogP contribution in [0.2, 0.25) is 0 Å². The average Bonchev–Trinajstić information content (AvgIpc) is 2.20. The molecule has 0 heterocycles. The molecule has 0 fully saturated rings. The van der Waals surface area contributed by atoms with Crippen LogP contribution < -0.4 is 10.0 Å². The summed E-state index contributed by atoms with van der Waals surface area (Å²) in [5.41, 5.74) is 0. The maximum Gasteiger partial charge on any atom is 0.326 e. The molecule has 8 heteroatoms. The van der Waals surface area contributed by atoms with Crippen LogP contribution in [0.3, 0.4) is 0 Å². The van der Waals surface area contributed by atoms with E-state index in [0.717, 1.165) is 6.26 Å². The molecule has 0 radical (unpaired) electrons. The lowest BCUT2D eigenvalue weighted by atomic mass is 10.2. The maximum absolute atomic E-state index is 11.6. The summed E-state index contributed by atoms with van der Waals surface area (Å²) in [6.07, 6.45) is 1.42. The Bertz CT molecular complexity index is 379. The molecule has 1 unspecified atom stereocenters. The highest BCUT2D eigenvalue weighted by Gasteiger charge is 2.24. The highest BCUT2D eigenvalue weighted by Crippen LogP contribution is 1.97. The number of nitrogens with one attached hydrogen (secondary N) is 2. The standard InChI is InChI=1S/C9H18N2O5S/c1-4-6(11-17(3,15)16)8(12)10-7(5-2)9(13)14/h6-7,11H,4-5H2,1-3H3,(H,10,12)(H,13,14)/t6?,7-/m0/s1. The van der Waals surface area contributed by atoms with Gasteiger partial charge in [-0.15, -0.1) is 0 Å². The highest BCUT2D eigenvalue weighted by molar-refractivity contribution is 7.88. The van der Waals surface area contributed by atoms with Gasteiger partial charge in [0.1, 0.15) is 12.1 Å². The van der Waals surface area contributed by atoms with Gasteiger partial charge in [0, 0.05) is 0 Å². The predicted molar refractivity (Wildman–Crippen MR) is 61.9 cm³/mol. The van der Waals surface area contributed by atoms with Gasteiger partial charge in [0.25, 0.3) is 0 Å². The third-order valence-corrected chi connectivity index (χ3v) is 2.82. The summed E-state index contributed by atoms with van der Waals surface area (Å²) in [4.78, 5) is 22.3. The maximum atomic E-state index is 11.6. The van der Waals surface area contributed by atoms with Crippen LogP contribution in [0.15, 0.2) is 0 Å². The highest BCUT2D eigenvalue weighted by atomic mass is 32.2. The fourth-order valence-corrected chi connectivity index (χ4v) is 1.98. The van der Waals surface area contributed by atoms with Gasteiger partial charge in [-0.25, -0.2) is 17.9 Å². The van der Waals surface area contributed by atoms with Crippen LogP contribution in [-0.2, 0) is 19.6 Å². The van der Waals surface area contributed by atoms with Gasteiger partial charge in [0.15, 0.2) is 0 Å². The number of rotatable bonds is 7. The minimum Gasteiger partial charge on any atom is -0.480 e. The first kappa shape index (κ1) is 15.9. The molecule has 0 rings (SSSR count). The molecule has 17 heavy (non-hydrogen) atoms. The molecule has 2 atom stereocenters. The lowest BCUT2D eigenvalue weighted by molar-refractivity contribution is -0.142. The van der Waals surface area contributed by atoms with Crippen LogP contribution in [0.25, 0.3) is 0 Å². The molecule has 0 aliphatic heterocycles. The smallest absolute Gasteiger partial charge is 0.326 e. The molecule has 0 aromatic carbocycles. The second kappa shape index (κ2) is 6.55. The molecule has 0 saturated heterocycles. The summed E-state index contributed by atoms with van der Waals surface area (Å²) in [6.45, 7) is 3.24. The van der Waals surface area contributed by atoms with Crippen molar-refractivity contribution < 1.29 is 23.1 Å². The molecule has 3 N–H and O–H groups in total. The molecule has 0 aromatic heterocycles. The van der Waals surface area contributed by atoms with Crippen molar-refractivity contribution >= 4 is 21.9 Å². The van der Waals surface area contributed by atoms with Crippen molar-refractivity contribution in [1.29, 1.82) is 0 Å². The molecule has 0 aliphatic carbocycles. The largest absolute Gasteiger partial charge is 0.480 e. The predicted octanol–water partition coefficient (Wildman–Crippen LogP) is -0.706. The first-order valence-corrected chi connectivity index (χ1v) is 7.10. The van der Waals surface area contributed by atoms with Crippen LogP contribution in [0, 0.1) is 0 Å². The Balaban J connectivity index is 4.60. The molecule has 0 saturated carbocycles. The van der Waals surface area contributed by atoms with Gasteiger partial charge in [-0.05, 0) is 12.8 Å². The van der Waals surface area contributed by atoms with E-state index in [4.69, 9.17) is 5.11 Å². The van der Waals surface area contributed by atoms with E-state index < -0.39 is 34.0 Å². The number of hydrogen-bond acceptors (Lipinski definition) is 4. The van der Waals surface area contributed by atoms with Gasteiger partial charge < -0.3 is 10.4 Å². The number of carbonyl (C=O) groups is 2. The van der Waals surface area contributed by atoms with Crippen LogP contribution in [-0.4, -0.2) is 43.7 Å². The van der Waals surface area contributed by atoms with Gasteiger partial charge in [0.05, 0.1) is 6.26 Å². The SMILES string of the molecule is CCC(NS(C)(=O)=O)C(=O)N[C@@H](CC)C(=O)O. The number of amides is 1. The Kier molecular flexibility index (Phi) is 6.11. The number of hydrogen-bond donors (Lipinski definition) is 3. The van der Waals surface area contributed by atoms with Crippen molar-refractivity contribution in [3.8, 4) is 0 Å². The van der Waals surface area contributed by atoms with Crippen molar-refractivity contribution in [2.45, 2.75) is 38.8 Å². The quantitative estimate of drug-likeness (QED) is 0.563. The number of carboxylic acid groups (broad SMARTS) is 1. The molecule has 0 bridgehead atoms. The van der Waals surface area contributed by atoms with E-state index in [9.17, 15) is 18.0 Å². The fraction of sp³-hybridized carbons (Fsp3) is 0.778. The van der Waals surface area contributed by atoms with Crippen molar-refractivity contribution in [1.82, 2.24) is 10.0 Å². The van der Waals surface area contributed by atoms with Gasteiger partial charge in [-0.2, -0.15) is 0 Å². The zero-order valence-corrected chi connectivity index (χ0v) is 10.9. The summed E-state index contributed by atoms with van der Waals surface area (Å²) < 4.78 is 24.1. The summed E-state index contributed by atoms with van der Waals surface area (Å²) in [6, 6.07) is -1.95. The van der Waals surface area contributed by atoms with Crippen molar-refractivity contribution in [3.05, 3.63) is 0 Å². The molecule has 0 spiro atoms. The van der Waals surface area contributed by atoms with Gasteiger partial charge in [-0.3, -0.25) is 4.79 Å². The molecule has 0 aromatic rings. The molecule has 7 nitrogen and oxygen atoms in total. The molecule has 0 aliphatic rings. The first-order chi connectivity index (χ1) is 7.71. The Morgan fingerprint density at radius 1 is 1.18 bits per heavy atom. The number of carboxylic acids is 1. The van der Waals surface area contributed by atoms with Gasteiger partial charge >= 0.3 is 5.97 Å². The fourth-order valence-electron chi connectivity index (χ4n) is 1.19. The zero-order chi connectivity index (χ0) is 13.6. The lowest BCUT2D eigenvalue weighted by Crippen LogP contribution is -2.50. The second-order valence-electron chi connectivity index (χ2n) is 3.66. The van der Waals surface area contributed by atoms with E-state index in [2.05, 4.69) is 10.0 Å². The first-order valence-electron chi connectivity index (χ1n) is 5.21. The van der Waals surface area contributed by atoms with E-state index >= 15 is 0 Å². The van der Waals surface area contributed by atoms with E-state index in [-0.39, 0.29) is 12.8 Å². The summed E-state index contributed by atoms with van der Waals surface area (Å²) in [7, 11) is -3.50. The average molecular weight is 266 g/mol. The monoisotopic (exact) mass is 266 g/mol. The number of sulfonamides is 1. The number of carbonyl (C=O) groups excluding carboxylic acids is 1. The second-order valence-corrected chi connectivity index (χ2v) is 5.44. The Morgan fingerprint density at radius 3 is 1.94 bits per heavy atom. The molecular weight excluding hydrogens is 248 g/mol. The van der Waals surface area contributed by atoms with Gasteiger partial charge in [-0.1, -0.05) is 13.8 Å². The lowest BCUT2D eigenvalue weighted by Gasteiger charge is -2.18. The Morgan fingerprint density at radius 2 is 1.65 bits per heavy atom. The molecule has 100 valence electrons. The van der Waals surface area contributed by atoms with E-state index in [0.29, 0.717) is 0 Å². The normalized spacial score (nSPS) is 15.0. The van der Waals surface area contributed by atoms with Crippen LogP contribution in [0.5, 0.6) is 0 Å². The third-order valence-electron chi connectivity index (χ3n) is 2.10. The topological polar surface area (TPSA) is 113 Å². The van der Waals surface area contributed by atoms with Crippen molar-refractivity contribution in [2.75, 3.05) is 6.26 Å². The van der Waals surface area contributed by atoms with E-state index in [1.165, 1.54) is 0 Å². The van der Waals surface area contributed by atoms with Crippen LogP contribution in [0.4, 0.5) is 0 Å². The van der Waals surface area contributed by atoms with Crippen molar-refractivity contribution in [2.24, 2.45) is 0 Å².